The highest BCUT2D eigenvalue weighted by Gasteiger charge is 1.94. The number of carbonyl (C=O) groups excluding carboxylic acids is 1. The standard InChI is InChI=1S/C7H11NO/c1-4-5-8-7(9)6(2)3/h4-5H,2H2,1,3H3,(H,8,9)/b5-4-. The largest absolute Gasteiger partial charge is 0.329 e. The van der Waals surface area contributed by atoms with E-state index in [0.29, 0.717) is 5.57 Å². The summed E-state index contributed by atoms with van der Waals surface area (Å²) in [6.07, 6.45) is 3.33. The van der Waals surface area contributed by atoms with Crippen LogP contribution in [-0.2, 0) is 4.79 Å². The van der Waals surface area contributed by atoms with Crippen molar-refractivity contribution in [2.24, 2.45) is 0 Å². The average molecular weight is 125 g/mol. The second-order valence-corrected chi connectivity index (χ2v) is 1.75. The van der Waals surface area contributed by atoms with Crippen LogP contribution in [0.25, 0.3) is 0 Å². The summed E-state index contributed by atoms with van der Waals surface area (Å²) in [6.45, 7) is 6.96. The minimum atomic E-state index is -0.131. The second-order valence-electron chi connectivity index (χ2n) is 1.75. The molecule has 0 heterocycles. The summed E-state index contributed by atoms with van der Waals surface area (Å²) in [5.41, 5.74) is 0.521. The Labute approximate surface area is 55.3 Å². The monoisotopic (exact) mass is 125 g/mol. The molecule has 0 aromatic carbocycles. The van der Waals surface area contributed by atoms with Gasteiger partial charge in [-0.05, 0) is 20.0 Å². The predicted octanol–water partition coefficient (Wildman–Crippen LogP) is 1.21. The first-order valence-corrected chi connectivity index (χ1v) is 2.76. The molecule has 9 heavy (non-hydrogen) atoms. The number of carbonyl (C=O) groups is 1. The van der Waals surface area contributed by atoms with E-state index < -0.39 is 0 Å². The number of hydrogen-bond acceptors (Lipinski definition) is 1. The quantitative estimate of drug-likeness (QED) is 0.552. The Morgan fingerprint density at radius 2 is 2.22 bits per heavy atom. The van der Waals surface area contributed by atoms with E-state index in [1.807, 2.05) is 6.92 Å². The lowest BCUT2D eigenvalue weighted by Crippen LogP contribution is -2.16. The summed E-state index contributed by atoms with van der Waals surface area (Å²) in [5.74, 6) is -0.131. The van der Waals surface area contributed by atoms with Crippen LogP contribution in [-0.4, -0.2) is 5.91 Å². The van der Waals surface area contributed by atoms with Crippen molar-refractivity contribution in [3.63, 3.8) is 0 Å². The smallest absolute Gasteiger partial charge is 0.250 e. The first kappa shape index (κ1) is 7.95. The zero-order valence-corrected chi connectivity index (χ0v) is 5.77. The van der Waals surface area contributed by atoms with E-state index >= 15 is 0 Å². The normalized spacial score (nSPS) is 9.56. The van der Waals surface area contributed by atoms with Crippen LogP contribution in [0.1, 0.15) is 13.8 Å². The lowest BCUT2D eigenvalue weighted by atomic mass is 10.3. The topological polar surface area (TPSA) is 29.1 Å². The molecule has 0 spiro atoms. The fraction of sp³-hybridized carbons (Fsp3) is 0.286. The van der Waals surface area contributed by atoms with E-state index in [2.05, 4.69) is 11.9 Å². The lowest BCUT2D eigenvalue weighted by molar-refractivity contribution is -0.116. The Bertz CT molecular complexity index is 147. The Morgan fingerprint density at radius 1 is 1.67 bits per heavy atom. The average Bonchev–Trinajstić information content (AvgIpc) is 1.82. The molecule has 2 heteroatoms. The molecule has 1 amide bonds. The SMILES string of the molecule is C=C(C)C(=O)N/C=C\C. The molecular formula is C7H11NO. The van der Waals surface area contributed by atoms with Crippen molar-refractivity contribution in [3.05, 3.63) is 24.4 Å². The highest BCUT2D eigenvalue weighted by atomic mass is 16.1. The highest BCUT2D eigenvalue weighted by molar-refractivity contribution is 5.92. The molecule has 0 saturated carbocycles. The first-order chi connectivity index (χ1) is 4.18. The van der Waals surface area contributed by atoms with Gasteiger partial charge in [0.1, 0.15) is 0 Å². The molecule has 0 aromatic rings. The minimum Gasteiger partial charge on any atom is -0.329 e. The van der Waals surface area contributed by atoms with E-state index in [1.54, 1.807) is 19.2 Å². The van der Waals surface area contributed by atoms with Crippen molar-refractivity contribution in [1.82, 2.24) is 5.32 Å². The maximum Gasteiger partial charge on any atom is 0.250 e. The van der Waals surface area contributed by atoms with Crippen molar-refractivity contribution in [2.75, 3.05) is 0 Å². The molecule has 0 atom stereocenters. The second kappa shape index (κ2) is 3.89. The summed E-state index contributed by atoms with van der Waals surface area (Å²) in [5, 5.41) is 2.51. The number of rotatable bonds is 2. The molecule has 2 nitrogen and oxygen atoms in total. The summed E-state index contributed by atoms with van der Waals surface area (Å²) in [6, 6.07) is 0. The fourth-order valence-electron chi connectivity index (χ4n) is 0.282. The van der Waals surface area contributed by atoms with E-state index in [-0.39, 0.29) is 5.91 Å². The van der Waals surface area contributed by atoms with Crippen molar-refractivity contribution in [2.45, 2.75) is 13.8 Å². The van der Waals surface area contributed by atoms with Crippen LogP contribution in [0.15, 0.2) is 24.4 Å². The fourth-order valence-corrected chi connectivity index (χ4v) is 0.282. The van der Waals surface area contributed by atoms with Gasteiger partial charge in [0.25, 0.3) is 0 Å². The summed E-state index contributed by atoms with van der Waals surface area (Å²) >= 11 is 0. The third-order valence-corrected chi connectivity index (χ3v) is 0.769. The van der Waals surface area contributed by atoms with Crippen LogP contribution in [0.3, 0.4) is 0 Å². The van der Waals surface area contributed by atoms with Crippen LogP contribution in [0, 0.1) is 0 Å². The third-order valence-electron chi connectivity index (χ3n) is 0.769. The summed E-state index contributed by atoms with van der Waals surface area (Å²) in [4.78, 5) is 10.6. The Balaban J connectivity index is 3.65. The van der Waals surface area contributed by atoms with Gasteiger partial charge < -0.3 is 5.32 Å². The maximum atomic E-state index is 10.6. The molecular weight excluding hydrogens is 114 g/mol. The van der Waals surface area contributed by atoms with Gasteiger partial charge in [-0.2, -0.15) is 0 Å². The van der Waals surface area contributed by atoms with Gasteiger partial charge in [-0.3, -0.25) is 4.79 Å². The molecule has 0 fully saturated rings. The van der Waals surface area contributed by atoms with Gasteiger partial charge in [0.2, 0.25) is 5.91 Å². The van der Waals surface area contributed by atoms with Gasteiger partial charge in [0.15, 0.2) is 0 Å². The van der Waals surface area contributed by atoms with Crippen molar-refractivity contribution in [3.8, 4) is 0 Å². The first-order valence-electron chi connectivity index (χ1n) is 2.76. The van der Waals surface area contributed by atoms with E-state index in [4.69, 9.17) is 0 Å². The molecule has 0 unspecified atom stereocenters. The van der Waals surface area contributed by atoms with Gasteiger partial charge in [-0.15, -0.1) is 0 Å². The van der Waals surface area contributed by atoms with Gasteiger partial charge in [-0.25, -0.2) is 0 Å². The van der Waals surface area contributed by atoms with E-state index in [9.17, 15) is 4.79 Å². The number of allylic oxidation sites excluding steroid dienone is 1. The lowest BCUT2D eigenvalue weighted by Gasteiger charge is -1.94. The molecule has 0 aromatic heterocycles. The minimum absolute atomic E-state index is 0.131. The molecule has 50 valence electrons. The van der Waals surface area contributed by atoms with E-state index in [1.165, 1.54) is 0 Å². The summed E-state index contributed by atoms with van der Waals surface area (Å²) in [7, 11) is 0. The Morgan fingerprint density at radius 3 is 2.56 bits per heavy atom. The van der Waals surface area contributed by atoms with Gasteiger partial charge in [0, 0.05) is 5.57 Å². The molecule has 0 rings (SSSR count). The Hall–Kier alpha value is -1.05. The van der Waals surface area contributed by atoms with Gasteiger partial charge in [0.05, 0.1) is 0 Å². The van der Waals surface area contributed by atoms with Gasteiger partial charge >= 0.3 is 0 Å². The molecule has 0 aliphatic rings. The number of nitrogens with one attached hydrogen (secondary N) is 1. The number of hydrogen-bond donors (Lipinski definition) is 1. The van der Waals surface area contributed by atoms with Crippen LogP contribution in [0.4, 0.5) is 0 Å². The van der Waals surface area contributed by atoms with Crippen LogP contribution in [0.5, 0.6) is 0 Å². The van der Waals surface area contributed by atoms with Crippen molar-refractivity contribution in [1.29, 1.82) is 0 Å². The third kappa shape index (κ3) is 3.53. The summed E-state index contributed by atoms with van der Waals surface area (Å²) < 4.78 is 0. The zero-order chi connectivity index (χ0) is 7.28. The van der Waals surface area contributed by atoms with Crippen molar-refractivity contribution >= 4 is 5.91 Å². The van der Waals surface area contributed by atoms with Crippen LogP contribution < -0.4 is 5.32 Å². The predicted molar refractivity (Wildman–Crippen MR) is 37.8 cm³/mol. The zero-order valence-electron chi connectivity index (χ0n) is 5.77. The maximum absolute atomic E-state index is 10.6. The number of amides is 1. The van der Waals surface area contributed by atoms with Crippen LogP contribution >= 0.6 is 0 Å². The molecule has 0 aliphatic carbocycles. The van der Waals surface area contributed by atoms with Gasteiger partial charge in [-0.1, -0.05) is 12.7 Å². The molecule has 0 radical (unpaired) electrons. The molecule has 0 saturated heterocycles. The highest BCUT2D eigenvalue weighted by Crippen LogP contribution is 1.83. The van der Waals surface area contributed by atoms with E-state index in [0.717, 1.165) is 0 Å². The Kier molecular flexibility index (Phi) is 3.44. The van der Waals surface area contributed by atoms with Crippen LogP contribution in [0.2, 0.25) is 0 Å². The molecule has 0 aliphatic heterocycles. The van der Waals surface area contributed by atoms with Crippen molar-refractivity contribution < 1.29 is 4.79 Å². The molecule has 0 bridgehead atoms. The molecule has 1 N–H and O–H groups in total.